The minimum absolute atomic E-state index is 0.0740. The smallest absolute Gasteiger partial charge is 0.277 e. The highest BCUT2D eigenvalue weighted by molar-refractivity contribution is 6.35. The predicted molar refractivity (Wildman–Crippen MR) is 89.6 cm³/mol. The molecule has 23 heavy (non-hydrogen) atoms. The topological polar surface area (TPSA) is 60.9 Å². The molecule has 5 nitrogen and oxygen atoms in total. The van der Waals surface area contributed by atoms with Crippen LogP contribution in [0.4, 0.5) is 0 Å². The number of carbonyl (C=O) groups is 2. The Hall–Kier alpha value is -2.14. The van der Waals surface area contributed by atoms with Crippen LogP contribution in [0.1, 0.15) is 30.0 Å². The van der Waals surface area contributed by atoms with Crippen molar-refractivity contribution in [3.63, 3.8) is 0 Å². The van der Waals surface area contributed by atoms with Gasteiger partial charge in [0.25, 0.3) is 11.8 Å². The van der Waals surface area contributed by atoms with Crippen LogP contribution in [0.3, 0.4) is 0 Å². The molecule has 5 heteroatoms. The molecule has 0 unspecified atom stereocenters. The Bertz CT molecular complexity index is 664. The molecule has 0 atom stereocenters. The maximum absolute atomic E-state index is 12.8. The summed E-state index contributed by atoms with van der Waals surface area (Å²) in [6.45, 7) is 6.57. The van der Waals surface area contributed by atoms with E-state index >= 15 is 0 Å². The number of aliphatic hydroxyl groups excluding tert-OH is 1. The Balaban J connectivity index is 2.57. The minimum atomic E-state index is -0.277. The van der Waals surface area contributed by atoms with E-state index in [2.05, 4.69) is 0 Å². The first kappa shape index (κ1) is 17.2. The zero-order valence-corrected chi connectivity index (χ0v) is 14.2. The van der Waals surface area contributed by atoms with Crippen LogP contribution in [0.5, 0.6) is 0 Å². The highest BCUT2D eigenvalue weighted by Gasteiger charge is 2.40. The Morgan fingerprint density at radius 3 is 2.39 bits per heavy atom. The first-order chi connectivity index (χ1) is 10.9. The number of hydrogen-bond acceptors (Lipinski definition) is 4. The molecule has 0 spiro atoms. The van der Waals surface area contributed by atoms with Gasteiger partial charge in [0.05, 0.1) is 12.2 Å². The molecule has 0 saturated heterocycles. The molecule has 124 valence electrons. The van der Waals surface area contributed by atoms with E-state index < -0.39 is 0 Å². The van der Waals surface area contributed by atoms with E-state index in [1.54, 1.807) is 11.9 Å². The van der Waals surface area contributed by atoms with Gasteiger partial charge in [-0.15, -0.1) is 0 Å². The van der Waals surface area contributed by atoms with Gasteiger partial charge in [0.2, 0.25) is 0 Å². The van der Waals surface area contributed by atoms with Crippen molar-refractivity contribution >= 4 is 17.4 Å². The van der Waals surface area contributed by atoms with Gasteiger partial charge in [-0.3, -0.25) is 14.5 Å². The maximum atomic E-state index is 12.8. The van der Waals surface area contributed by atoms with Crippen LogP contribution in [0, 0.1) is 13.8 Å². The van der Waals surface area contributed by atoms with Crippen LogP contribution in [-0.2, 0) is 9.59 Å². The van der Waals surface area contributed by atoms with Crippen molar-refractivity contribution in [2.24, 2.45) is 0 Å². The highest BCUT2D eigenvalue weighted by atomic mass is 16.3. The lowest BCUT2D eigenvalue weighted by Crippen LogP contribution is -2.35. The van der Waals surface area contributed by atoms with Gasteiger partial charge in [-0.2, -0.15) is 0 Å². The predicted octanol–water partition coefficient (Wildman–Crippen LogP) is 1.72. The molecular formula is C18H24N2O3. The highest BCUT2D eigenvalue weighted by Crippen LogP contribution is 2.31. The molecule has 0 aliphatic carbocycles. The lowest BCUT2D eigenvalue weighted by atomic mass is 9.99. The van der Waals surface area contributed by atoms with Crippen molar-refractivity contribution in [2.75, 3.05) is 26.7 Å². The van der Waals surface area contributed by atoms with Crippen molar-refractivity contribution in [1.29, 1.82) is 0 Å². The third-order valence-corrected chi connectivity index (χ3v) is 4.20. The van der Waals surface area contributed by atoms with Gasteiger partial charge in [0, 0.05) is 20.1 Å². The largest absolute Gasteiger partial charge is 0.395 e. The number of likely N-dealkylation sites (N-methyl/N-ethyl adjacent to an activating group) is 1. The quantitative estimate of drug-likeness (QED) is 0.812. The monoisotopic (exact) mass is 316 g/mol. The summed E-state index contributed by atoms with van der Waals surface area (Å²) in [4.78, 5) is 28.4. The number of aliphatic hydroxyl groups is 1. The van der Waals surface area contributed by atoms with Gasteiger partial charge in [-0.25, -0.2) is 0 Å². The van der Waals surface area contributed by atoms with Crippen LogP contribution in [0.15, 0.2) is 23.9 Å². The van der Waals surface area contributed by atoms with Crippen molar-refractivity contribution in [3.05, 3.63) is 40.6 Å². The molecule has 0 bridgehead atoms. The molecule has 1 aliphatic heterocycles. The van der Waals surface area contributed by atoms with Gasteiger partial charge in [0.1, 0.15) is 5.70 Å². The number of imide groups is 1. The average Bonchev–Trinajstić information content (AvgIpc) is 2.75. The van der Waals surface area contributed by atoms with Crippen LogP contribution in [-0.4, -0.2) is 53.5 Å². The molecule has 1 aliphatic rings. The number of carbonyl (C=O) groups excluding carboxylic acids is 2. The van der Waals surface area contributed by atoms with Gasteiger partial charge >= 0.3 is 0 Å². The maximum Gasteiger partial charge on any atom is 0.277 e. The number of benzene rings is 1. The van der Waals surface area contributed by atoms with Crippen LogP contribution >= 0.6 is 0 Å². The summed E-state index contributed by atoms with van der Waals surface area (Å²) in [6, 6.07) is 5.78. The summed E-state index contributed by atoms with van der Waals surface area (Å²) in [6.07, 6.45) is 0.717. The fraction of sp³-hybridized carbons (Fsp3) is 0.444. The lowest BCUT2D eigenvalue weighted by molar-refractivity contribution is -0.137. The van der Waals surface area contributed by atoms with Gasteiger partial charge in [-0.1, -0.05) is 25.1 Å². The normalized spacial score (nSPS) is 14.9. The second-order valence-corrected chi connectivity index (χ2v) is 5.93. The Labute approximate surface area is 137 Å². The van der Waals surface area contributed by atoms with E-state index in [1.807, 2.05) is 39.0 Å². The molecule has 0 radical (unpaired) electrons. The molecule has 0 fully saturated rings. The number of amides is 2. The first-order valence-corrected chi connectivity index (χ1v) is 7.92. The summed E-state index contributed by atoms with van der Waals surface area (Å²) >= 11 is 0. The molecule has 1 aromatic rings. The van der Waals surface area contributed by atoms with Gasteiger partial charge in [-0.05, 0) is 37.0 Å². The SMILES string of the molecule is CCCN1C(=O)C(c2ccc(C)c(C)c2)=C(N(C)CCO)C1=O. The van der Waals surface area contributed by atoms with E-state index in [9.17, 15) is 14.7 Å². The van der Waals surface area contributed by atoms with Crippen LogP contribution < -0.4 is 0 Å². The summed E-state index contributed by atoms with van der Waals surface area (Å²) in [5, 5.41) is 9.18. The van der Waals surface area contributed by atoms with E-state index in [1.165, 1.54) is 4.90 Å². The summed E-state index contributed by atoms with van der Waals surface area (Å²) in [5.41, 5.74) is 3.78. The Kier molecular flexibility index (Phi) is 5.21. The standard InChI is InChI=1S/C18H24N2O3/c1-5-8-20-17(22)15(14-7-6-12(2)13(3)11-14)16(18(20)23)19(4)9-10-21/h6-7,11,21H,5,8-10H2,1-4H3. The zero-order chi connectivity index (χ0) is 17.1. The number of aryl methyl sites for hydroxylation is 2. The molecule has 1 aromatic carbocycles. The summed E-state index contributed by atoms with van der Waals surface area (Å²) < 4.78 is 0. The number of nitrogens with zero attached hydrogens (tertiary/aromatic N) is 2. The molecule has 2 amide bonds. The molecule has 1 heterocycles. The molecule has 1 N–H and O–H groups in total. The van der Waals surface area contributed by atoms with E-state index in [4.69, 9.17) is 0 Å². The Morgan fingerprint density at radius 1 is 1.13 bits per heavy atom. The summed E-state index contributed by atoms with van der Waals surface area (Å²) in [7, 11) is 1.73. The summed E-state index contributed by atoms with van der Waals surface area (Å²) in [5.74, 6) is -0.527. The second kappa shape index (κ2) is 6.96. The van der Waals surface area contributed by atoms with Crippen molar-refractivity contribution in [3.8, 4) is 0 Å². The fourth-order valence-electron chi connectivity index (χ4n) is 2.76. The van der Waals surface area contributed by atoms with E-state index in [0.29, 0.717) is 30.8 Å². The van der Waals surface area contributed by atoms with Crippen molar-refractivity contribution in [2.45, 2.75) is 27.2 Å². The molecule has 0 aromatic heterocycles. The number of rotatable bonds is 6. The minimum Gasteiger partial charge on any atom is -0.395 e. The molecular weight excluding hydrogens is 292 g/mol. The average molecular weight is 316 g/mol. The lowest BCUT2D eigenvalue weighted by Gasteiger charge is -2.20. The van der Waals surface area contributed by atoms with Crippen molar-refractivity contribution in [1.82, 2.24) is 9.80 Å². The number of hydrogen-bond donors (Lipinski definition) is 1. The van der Waals surface area contributed by atoms with Crippen LogP contribution in [0.2, 0.25) is 0 Å². The Morgan fingerprint density at radius 2 is 1.83 bits per heavy atom. The van der Waals surface area contributed by atoms with Crippen LogP contribution in [0.25, 0.3) is 5.57 Å². The third kappa shape index (κ3) is 3.15. The van der Waals surface area contributed by atoms with Gasteiger partial charge < -0.3 is 10.0 Å². The fourth-order valence-corrected chi connectivity index (χ4v) is 2.76. The zero-order valence-electron chi connectivity index (χ0n) is 14.2. The third-order valence-electron chi connectivity index (χ3n) is 4.20. The molecule has 2 rings (SSSR count). The van der Waals surface area contributed by atoms with Crippen molar-refractivity contribution < 1.29 is 14.7 Å². The van der Waals surface area contributed by atoms with E-state index in [0.717, 1.165) is 16.7 Å². The van der Waals surface area contributed by atoms with E-state index in [-0.39, 0.29) is 18.4 Å². The van der Waals surface area contributed by atoms with Gasteiger partial charge in [0.15, 0.2) is 0 Å². The molecule has 0 saturated carbocycles. The second-order valence-electron chi connectivity index (χ2n) is 5.93. The first-order valence-electron chi connectivity index (χ1n) is 7.92.